The Kier molecular flexibility index (Phi) is 6.14. The minimum atomic E-state index is -0.0251. The molecule has 0 bridgehead atoms. The first-order valence-electron chi connectivity index (χ1n) is 11.0. The molecule has 0 radical (unpaired) electrons. The van der Waals surface area contributed by atoms with E-state index in [0.29, 0.717) is 24.1 Å². The predicted molar refractivity (Wildman–Crippen MR) is 134 cm³/mol. The lowest BCUT2D eigenvalue weighted by Crippen LogP contribution is -2.01. The van der Waals surface area contributed by atoms with Crippen LogP contribution in [0, 0.1) is 6.92 Å². The topological polar surface area (TPSA) is 30.8 Å². The third kappa shape index (κ3) is 4.94. The van der Waals surface area contributed by atoms with Gasteiger partial charge in [0.05, 0.1) is 10.6 Å². The largest absolute Gasteiger partial charge is 0.489 e. The van der Waals surface area contributed by atoms with Gasteiger partial charge in [-0.15, -0.1) is 0 Å². The van der Waals surface area contributed by atoms with Gasteiger partial charge in [0, 0.05) is 0 Å². The van der Waals surface area contributed by atoms with E-state index in [1.165, 1.54) is 5.56 Å². The van der Waals surface area contributed by atoms with Crippen molar-refractivity contribution in [3.63, 3.8) is 0 Å². The fourth-order valence-electron chi connectivity index (χ4n) is 3.82. The van der Waals surface area contributed by atoms with Crippen LogP contribution in [0.3, 0.4) is 0 Å². The summed E-state index contributed by atoms with van der Waals surface area (Å²) in [6.45, 7) is 3.17. The zero-order chi connectivity index (χ0) is 22.6. The van der Waals surface area contributed by atoms with Gasteiger partial charge in [0.15, 0.2) is 0 Å². The van der Waals surface area contributed by atoms with Gasteiger partial charge in [0.25, 0.3) is 0 Å². The molecule has 33 heavy (non-hydrogen) atoms. The molecule has 0 N–H and O–H groups in total. The van der Waals surface area contributed by atoms with E-state index >= 15 is 0 Å². The fraction of sp³-hybridized carbons (Fsp3) is 0.138. The lowest BCUT2D eigenvalue weighted by Gasteiger charge is -2.09. The quantitative estimate of drug-likeness (QED) is 0.304. The summed E-state index contributed by atoms with van der Waals surface area (Å²) in [6, 6.07) is 32.7. The van der Waals surface area contributed by atoms with Gasteiger partial charge >= 0.3 is 0 Å². The maximum Gasteiger partial charge on any atom is 0.218 e. The lowest BCUT2D eigenvalue weighted by molar-refractivity contribution is 0.306. The third-order valence-corrected chi connectivity index (χ3v) is 6.09. The van der Waals surface area contributed by atoms with Crippen LogP contribution < -0.4 is 4.74 Å². The standard InChI is InChI=1S/C29H24ClNO2/c1-20-6-8-21(9-7-20)18-32-25-16-14-23(15-17-25)22-10-12-24(13-11-22)28-19-33-29(31-28)26-4-2-3-5-27(26)30/h2-17,28H,18-19H2,1H3. The van der Waals surface area contributed by atoms with Crippen LogP contribution in [0.2, 0.25) is 5.02 Å². The molecule has 0 amide bonds. The molecule has 0 saturated heterocycles. The zero-order valence-electron chi connectivity index (χ0n) is 18.4. The summed E-state index contributed by atoms with van der Waals surface area (Å²) in [7, 11) is 0. The molecule has 0 saturated carbocycles. The van der Waals surface area contributed by atoms with E-state index in [2.05, 4.69) is 67.6 Å². The van der Waals surface area contributed by atoms with E-state index in [-0.39, 0.29) is 6.04 Å². The first-order valence-corrected chi connectivity index (χ1v) is 11.4. The van der Waals surface area contributed by atoms with Crippen molar-refractivity contribution in [2.24, 2.45) is 4.99 Å². The van der Waals surface area contributed by atoms with E-state index in [4.69, 9.17) is 26.1 Å². The minimum Gasteiger partial charge on any atom is -0.489 e. The highest BCUT2D eigenvalue weighted by molar-refractivity contribution is 6.33. The highest BCUT2D eigenvalue weighted by atomic mass is 35.5. The van der Waals surface area contributed by atoms with Crippen molar-refractivity contribution in [3.05, 3.63) is 124 Å². The molecule has 0 spiro atoms. The summed E-state index contributed by atoms with van der Waals surface area (Å²) in [5, 5.41) is 0.651. The normalized spacial score (nSPS) is 15.1. The van der Waals surface area contributed by atoms with Crippen LogP contribution >= 0.6 is 11.6 Å². The summed E-state index contributed by atoms with van der Waals surface area (Å²) < 4.78 is 11.8. The van der Waals surface area contributed by atoms with Gasteiger partial charge in [0.2, 0.25) is 5.90 Å². The molecular formula is C29H24ClNO2. The third-order valence-electron chi connectivity index (χ3n) is 5.76. The average Bonchev–Trinajstić information content (AvgIpc) is 3.35. The molecule has 164 valence electrons. The van der Waals surface area contributed by atoms with Crippen LogP contribution in [0.5, 0.6) is 5.75 Å². The van der Waals surface area contributed by atoms with Crippen LogP contribution in [0.15, 0.2) is 102 Å². The van der Waals surface area contributed by atoms with Gasteiger partial charge in [-0.3, -0.25) is 0 Å². The van der Waals surface area contributed by atoms with Gasteiger partial charge < -0.3 is 9.47 Å². The number of benzene rings is 4. The maximum absolute atomic E-state index is 6.28. The van der Waals surface area contributed by atoms with Crippen molar-refractivity contribution in [2.75, 3.05) is 6.61 Å². The van der Waals surface area contributed by atoms with E-state index < -0.39 is 0 Å². The highest BCUT2D eigenvalue weighted by Gasteiger charge is 2.23. The Balaban J connectivity index is 1.24. The van der Waals surface area contributed by atoms with Crippen molar-refractivity contribution < 1.29 is 9.47 Å². The Morgan fingerprint density at radius 3 is 2.21 bits per heavy atom. The molecule has 1 unspecified atom stereocenters. The zero-order valence-corrected chi connectivity index (χ0v) is 19.1. The first kappa shape index (κ1) is 21.3. The van der Waals surface area contributed by atoms with Crippen molar-refractivity contribution >= 4 is 17.5 Å². The Labute approximate surface area is 199 Å². The molecule has 1 aliphatic heterocycles. The molecule has 4 heteroatoms. The summed E-state index contributed by atoms with van der Waals surface area (Å²) in [4.78, 5) is 4.75. The van der Waals surface area contributed by atoms with Crippen molar-refractivity contribution in [3.8, 4) is 16.9 Å². The number of aryl methyl sites for hydroxylation is 1. The maximum atomic E-state index is 6.28. The van der Waals surface area contributed by atoms with Gasteiger partial charge in [0.1, 0.15) is 25.0 Å². The average molecular weight is 454 g/mol. The molecule has 1 atom stereocenters. The molecular weight excluding hydrogens is 430 g/mol. The van der Waals surface area contributed by atoms with Gasteiger partial charge in [-0.1, -0.05) is 90.0 Å². The second kappa shape index (κ2) is 9.51. The number of halogens is 1. The number of hydrogen-bond acceptors (Lipinski definition) is 3. The number of hydrogen-bond donors (Lipinski definition) is 0. The molecule has 1 heterocycles. The Morgan fingerprint density at radius 2 is 1.52 bits per heavy atom. The highest BCUT2D eigenvalue weighted by Crippen LogP contribution is 2.30. The molecule has 4 aromatic carbocycles. The minimum absolute atomic E-state index is 0.0251. The summed E-state index contributed by atoms with van der Waals surface area (Å²) in [5.41, 5.74) is 6.67. The predicted octanol–water partition coefficient (Wildman–Crippen LogP) is 7.41. The van der Waals surface area contributed by atoms with Gasteiger partial charge in [-0.2, -0.15) is 0 Å². The number of nitrogens with zero attached hydrogens (tertiary/aromatic N) is 1. The molecule has 0 aromatic heterocycles. The second-order valence-corrected chi connectivity index (χ2v) is 8.57. The van der Waals surface area contributed by atoms with Crippen LogP contribution in [-0.4, -0.2) is 12.5 Å². The van der Waals surface area contributed by atoms with Crippen LogP contribution in [0.1, 0.15) is 28.3 Å². The van der Waals surface area contributed by atoms with Crippen LogP contribution in [0.4, 0.5) is 0 Å². The SMILES string of the molecule is Cc1ccc(COc2ccc(-c3ccc(C4COC(c5ccccc5Cl)=N4)cc3)cc2)cc1. The Bertz CT molecular complexity index is 1260. The van der Waals surface area contributed by atoms with Crippen LogP contribution in [-0.2, 0) is 11.3 Å². The number of rotatable bonds is 6. The summed E-state index contributed by atoms with van der Waals surface area (Å²) in [5.74, 6) is 1.47. The van der Waals surface area contributed by atoms with Gasteiger partial charge in [-0.25, -0.2) is 4.99 Å². The van der Waals surface area contributed by atoms with E-state index in [0.717, 1.165) is 33.6 Å². The monoisotopic (exact) mass is 453 g/mol. The van der Waals surface area contributed by atoms with Gasteiger partial charge in [-0.05, 0) is 53.4 Å². The lowest BCUT2D eigenvalue weighted by atomic mass is 10.0. The molecule has 0 aliphatic carbocycles. The van der Waals surface area contributed by atoms with Crippen molar-refractivity contribution in [2.45, 2.75) is 19.6 Å². The van der Waals surface area contributed by atoms with Crippen molar-refractivity contribution in [1.82, 2.24) is 0 Å². The van der Waals surface area contributed by atoms with E-state index in [1.54, 1.807) is 0 Å². The van der Waals surface area contributed by atoms with E-state index in [1.807, 2.05) is 36.4 Å². The van der Waals surface area contributed by atoms with Crippen LogP contribution in [0.25, 0.3) is 11.1 Å². The first-order chi connectivity index (χ1) is 16.2. The van der Waals surface area contributed by atoms with E-state index in [9.17, 15) is 0 Å². The molecule has 5 rings (SSSR count). The van der Waals surface area contributed by atoms with Crippen molar-refractivity contribution in [1.29, 1.82) is 0 Å². The summed E-state index contributed by atoms with van der Waals surface area (Å²) >= 11 is 6.28. The Morgan fingerprint density at radius 1 is 0.848 bits per heavy atom. The molecule has 3 nitrogen and oxygen atoms in total. The smallest absolute Gasteiger partial charge is 0.218 e. The number of ether oxygens (including phenoxy) is 2. The molecule has 1 aliphatic rings. The molecule has 0 fully saturated rings. The number of aliphatic imine (C=N–C) groups is 1. The fourth-order valence-corrected chi connectivity index (χ4v) is 4.04. The Hall–Kier alpha value is -3.56. The molecule has 4 aromatic rings. The second-order valence-electron chi connectivity index (χ2n) is 8.16. The summed E-state index contributed by atoms with van der Waals surface area (Å²) in [6.07, 6.45) is 0.